The van der Waals surface area contributed by atoms with Crippen LogP contribution in [0.25, 0.3) is 0 Å². The maximum Gasteiger partial charge on any atom is 0.315 e. The normalized spacial score (nSPS) is 17.6. The van der Waals surface area contributed by atoms with Crippen LogP contribution in [0.2, 0.25) is 0 Å². The third kappa shape index (κ3) is 3.93. The number of thiophene rings is 1. The van der Waals surface area contributed by atoms with Crippen LogP contribution in [0.1, 0.15) is 42.6 Å². The van der Waals surface area contributed by atoms with Gasteiger partial charge in [0, 0.05) is 18.5 Å². The second kappa shape index (κ2) is 7.76. The van der Waals surface area contributed by atoms with Crippen molar-refractivity contribution < 1.29 is 4.79 Å². The van der Waals surface area contributed by atoms with Gasteiger partial charge in [0.15, 0.2) is 5.82 Å². The number of nitrogens with one attached hydrogen (secondary N) is 2. The molecule has 2 amide bonds. The fraction of sp³-hybridized carbons (Fsp3) is 0.562. The van der Waals surface area contributed by atoms with E-state index in [0.29, 0.717) is 6.54 Å². The highest BCUT2D eigenvalue weighted by atomic mass is 32.1. The number of carbonyl (C=O) groups excluding carboxylic acids is 1. The monoisotopic (exact) mass is 348 g/mol. The van der Waals surface area contributed by atoms with E-state index in [1.807, 2.05) is 18.5 Å². The highest BCUT2D eigenvalue weighted by Crippen LogP contribution is 2.27. The summed E-state index contributed by atoms with van der Waals surface area (Å²) in [4.78, 5) is 16.0. The van der Waals surface area contributed by atoms with Gasteiger partial charge in [-0.15, -0.1) is 21.5 Å². The SMILES string of the molecule is C[C@@H](NC(=O)NC[C@H](c1cccs1)N1CCCC1)c1nncn1C. The van der Waals surface area contributed by atoms with E-state index in [2.05, 4.69) is 43.2 Å². The van der Waals surface area contributed by atoms with Crippen LogP contribution in [0.4, 0.5) is 4.79 Å². The van der Waals surface area contributed by atoms with Crippen LogP contribution in [0.15, 0.2) is 23.8 Å². The lowest BCUT2D eigenvalue weighted by molar-refractivity contribution is 0.220. The Bertz CT molecular complexity index is 649. The maximum absolute atomic E-state index is 12.3. The molecule has 1 fully saturated rings. The van der Waals surface area contributed by atoms with Crippen molar-refractivity contribution in [2.75, 3.05) is 19.6 Å². The Balaban J connectivity index is 1.56. The molecule has 24 heavy (non-hydrogen) atoms. The zero-order valence-corrected chi connectivity index (χ0v) is 14.9. The number of hydrogen-bond acceptors (Lipinski definition) is 5. The highest BCUT2D eigenvalue weighted by molar-refractivity contribution is 7.10. The zero-order chi connectivity index (χ0) is 16.9. The minimum Gasteiger partial charge on any atom is -0.336 e. The minimum atomic E-state index is -0.190. The van der Waals surface area contributed by atoms with Crippen molar-refractivity contribution in [3.63, 3.8) is 0 Å². The van der Waals surface area contributed by atoms with Gasteiger partial charge >= 0.3 is 6.03 Å². The lowest BCUT2D eigenvalue weighted by atomic mass is 10.2. The van der Waals surface area contributed by atoms with Gasteiger partial charge in [-0.25, -0.2) is 4.79 Å². The Hall–Kier alpha value is -1.93. The van der Waals surface area contributed by atoms with Gasteiger partial charge < -0.3 is 15.2 Å². The minimum absolute atomic E-state index is 0.175. The van der Waals surface area contributed by atoms with Crippen molar-refractivity contribution in [3.05, 3.63) is 34.5 Å². The third-order valence-corrected chi connectivity index (χ3v) is 5.36. The number of likely N-dealkylation sites (tertiary alicyclic amines) is 1. The molecule has 0 spiro atoms. The van der Waals surface area contributed by atoms with Gasteiger partial charge in [0.25, 0.3) is 0 Å². The van der Waals surface area contributed by atoms with E-state index >= 15 is 0 Å². The van der Waals surface area contributed by atoms with E-state index < -0.39 is 0 Å². The van der Waals surface area contributed by atoms with Crippen molar-refractivity contribution in [1.82, 2.24) is 30.3 Å². The summed E-state index contributed by atoms with van der Waals surface area (Å²) in [5.41, 5.74) is 0. The Labute approximate surface area is 146 Å². The Kier molecular flexibility index (Phi) is 5.47. The van der Waals surface area contributed by atoms with Crippen LogP contribution in [0.3, 0.4) is 0 Å². The number of aromatic nitrogens is 3. The molecule has 1 aliphatic heterocycles. The van der Waals surface area contributed by atoms with E-state index in [9.17, 15) is 4.79 Å². The lowest BCUT2D eigenvalue weighted by Crippen LogP contribution is -2.42. The topological polar surface area (TPSA) is 75.1 Å². The maximum atomic E-state index is 12.3. The molecule has 2 N–H and O–H groups in total. The second-order valence-electron chi connectivity index (χ2n) is 6.15. The van der Waals surface area contributed by atoms with Crippen LogP contribution in [0, 0.1) is 0 Å². The molecule has 0 bridgehead atoms. The largest absolute Gasteiger partial charge is 0.336 e. The molecule has 2 aromatic rings. The third-order valence-electron chi connectivity index (χ3n) is 4.39. The van der Waals surface area contributed by atoms with E-state index in [0.717, 1.165) is 18.9 Å². The first-order valence-electron chi connectivity index (χ1n) is 8.31. The van der Waals surface area contributed by atoms with Gasteiger partial charge in [-0.2, -0.15) is 0 Å². The Morgan fingerprint density at radius 1 is 1.42 bits per heavy atom. The first-order valence-corrected chi connectivity index (χ1v) is 9.19. The van der Waals surface area contributed by atoms with E-state index in [4.69, 9.17) is 0 Å². The van der Waals surface area contributed by atoms with Crippen molar-refractivity contribution in [2.24, 2.45) is 7.05 Å². The summed E-state index contributed by atoms with van der Waals surface area (Å²) in [5, 5.41) is 15.9. The molecule has 0 radical (unpaired) electrons. The van der Waals surface area contributed by atoms with E-state index in [1.54, 1.807) is 17.7 Å². The Morgan fingerprint density at radius 2 is 2.21 bits per heavy atom. The second-order valence-corrected chi connectivity index (χ2v) is 7.13. The summed E-state index contributed by atoms with van der Waals surface area (Å²) in [5.74, 6) is 0.736. The van der Waals surface area contributed by atoms with Crippen molar-refractivity contribution in [3.8, 4) is 0 Å². The average Bonchev–Trinajstić information content (AvgIpc) is 3.29. The van der Waals surface area contributed by atoms with Crippen molar-refractivity contribution >= 4 is 17.4 Å². The zero-order valence-electron chi connectivity index (χ0n) is 14.1. The van der Waals surface area contributed by atoms with Gasteiger partial charge in [-0.3, -0.25) is 4.90 Å². The molecule has 2 aromatic heterocycles. The van der Waals surface area contributed by atoms with Crippen LogP contribution in [0.5, 0.6) is 0 Å². The summed E-state index contributed by atoms with van der Waals surface area (Å²) < 4.78 is 1.81. The fourth-order valence-electron chi connectivity index (χ4n) is 3.13. The van der Waals surface area contributed by atoms with Crippen molar-refractivity contribution in [2.45, 2.75) is 31.8 Å². The summed E-state index contributed by atoms with van der Waals surface area (Å²) in [7, 11) is 1.87. The molecule has 0 aliphatic carbocycles. The molecule has 0 unspecified atom stereocenters. The van der Waals surface area contributed by atoms with Gasteiger partial charge in [0.05, 0.1) is 12.1 Å². The Morgan fingerprint density at radius 3 is 2.83 bits per heavy atom. The molecule has 3 heterocycles. The molecular formula is C16H24N6OS. The number of hydrogen-bond donors (Lipinski definition) is 2. The average molecular weight is 348 g/mol. The lowest BCUT2D eigenvalue weighted by Gasteiger charge is -2.27. The molecule has 1 aliphatic rings. The molecule has 1 saturated heterocycles. The van der Waals surface area contributed by atoms with Gasteiger partial charge in [0.2, 0.25) is 0 Å². The number of amides is 2. The molecule has 3 rings (SSSR count). The molecule has 0 aromatic carbocycles. The standard InChI is InChI=1S/C16H24N6OS/c1-12(15-20-18-11-21(15)2)19-16(23)17-10-13(14-6-5-9-24-14)22-7-3-4-8-22/h5-6,9,11-13H,3-4,7-8,10H2,1-2H3,(H2,17,19,23)/t12-,13-/m1/s1. The molecule has 130 valence electrons. The summed E-state index contributed by atoms with van der Waals surface area (Å²) in [6, 6.07) is 4.11. The van der Waals surface area contributed by atoms with Crippen molar-refractivity contribution in [1.29, 1.82) is 0 Å². The molecule has 8 heteroatoms. The van der Waals surface area contributed by atoms with Crippen LogP contribution >= 0.6 is 11.3 Å². The molecule has 7 nitrogen and oxygen atoms in total. The van der Waals surface area contributed by atoms with Gasteiger partial charge in [-0.05, 0) is 44.3 Å². The summed E-state index contributed by atoms with van der Waals surface area (Å²) in [6.07, 6.45) is 4.10. The smallest absolute Gasteiger partial charge is 0.315 e. The summed E-state index contributed by atoms with van der Waals surface area (Å²) in [6.45, 7) is 4.71. The van der Waals surface area contributed by atoms with Crippen LogP contribution < -0.4 is 10.6 Å². The number of nitrogens with zero attached hydrogens (tertiary/aromatic N) is 4. The number of urea groups is 1. The number of aryl methyl sites for hydroxylation is 1. The highest BCUT2D eigenvalue weighted by Gasteiger charge is 2.25. The van der Waals surface area contributed by atoms with Crippen LogP contribution in [-0.2, 0) is 7.05 Å². The molecule has 2 atom stereocenters. The summed E-state index contributed by atoms with van der Waals surface area (Å²) >= 11 is 1.75. The fourth-order valence-corrected chi connectivity index (χ4v) is 3.99. The number of rotatable bonds is 6. The molecular weight excluding hydrogens is 324 g/mol. The first-order chi connectivity index (χ1) is 11.6. The van der Waals surface area contributed by atoms with Gasteiger partial charge in [-0.1, -0.05) is 6.07 Å². The predicted molar refractivity (Wildman–Crippen MR) is 93.8 cm³/mol. The quantitative estimate of drug-likeness (QED) is 0.838. The van der Waals surface area contributed by atoms with E-state index in [1.165, 1.54) is 17.7 Å². The van der Waals surface area contributed by atoms with Crippen LogP contribution in [-0.4, -0.2) is 45.3 Å². The first kappa shape index (κ1) is 16.9. The van der Waals surface area contributed by atoms with Gasteiger partial charge in [0.1, 0.15) is 6.33 Å². The molecule has 0 saturated carbocycles. The van der Waals surface area contributed by atoms with E-state index in [-0.39, 0.29) is 18.1 Å². The predicted octanol–water partition coefficient (Wildman–Crippen LogP) is 2.07. The number of carbonyl (C=O) groups is 1.